The van der Waals surface area contributed by atoms with Crippen molar-refractivity contribution in [1.29, 1.82) is 0 Å². The van der Waals surface area contributed by atoms with Gasteiger partial charge in [0.2, 0.25) is 0 Å². The molecule has 0 heterocycles. The Balaban J connectivity index is 2.99. The predicted octanol–water partition coefficient (Wildman–Crippen LogP) is 2.47. The third-order valence-corrected chi connectivity index (χ3v) is 2.59. The molecular formula is C12H16ClNO2. The zero-order chi connectivity index (χ0) is 12.1. The molecule has 0 saturated carbocycles. The molecule has 1 atom stereocenters. The van der Waals surface area contributed by atoms with E-state index in [9.17, 15) is 4.79 Å². The first-order valence-electron chi connectivity index (χ1n) is 5.20. The van der Waals surface area contributed by atoms with Gasteiger partial charge in [0.15, 0.2) is 0 Å². The molecule has 88 valence electrons. The van der Waals surface area contributed by atoms with E-state index in [1.807, 2.05) is 19.1 Å². The Morgan fingerprint density at radius 3 is 2.75 bits per heavy atom. The topological polar surface area (TPSA) is 38.3 Å². The molecule has 3 nitrogen and oxygen atoms in total. The molecular weight excluding hydrogens is 226 g/mol. The summed E-state index contributed by atoms with van der Waals surface area (Å²) in [4.78, 5) is 11.7. The maximum absolute atomic E-state index is 11.7. The number of benzene rings is 1. The maximum atomic E-state index is 11.7. The lowest BCUT2D eigenvalue weighted by molar-refractivity contribution is -0.145. The molecule has 0 aliphatic carbocycles. The Kier molecular flexibility index (Phi) is 4.77. The molecule has 0 aliphatic heterocycles. The highest BCUT2D eigenvalue weighted by atomic mass is 35.5. The Bertz CT molecular complexity index is 379. The monoisotopic (exact) mass is 241 g/mol. The summed E-state index contributed by atoms with van der Waals surface area (Å²) in [5, 5.41) is 3.61. The summed E-state index contributed by atoms with van der Waals surface area (Å²) in [6, 6.07) is 5.01. The maximum Gasteiger partial charge on any atom is 0.327 e. The Morgan fingerprint density at radius 1 is 1.56 bits per heavy atom. The third kappa shape index (κ3) is 2.97. The number of halogens is 1. The van der Waals surface area contributed by atoms with Crippen LogP contribution in [0.1, 0.15) is 24.1 Å². The highest BCUT2D eigenvalue weighted by molar-refractivity contribution is 6.30. The fourth-order valence-electron chi connectivity index (χ4n) is 1.59. The molecule has 0 spiro atoms. The fraction of sp³-hybridized carbons (Fsp3) is 0.417. The first kappa shape index (κ1) is 13.0. The van der Waals surface area contributed by atoms with Crippen LogP contribution in [0.2, 0.25) is 5.02 Å². The normalized spacial score (nSPS) is 12.2. The lowest BCUT2D eigenvalue weighted by atomic mass is 10.0. The lowest BCUT2D eigenvalue weighted by Gasteiger charge is -2.17. The first-order valence-corrected chi connectivity index (χ1v) is 5.58. The van der Waals surface area contributed by atoms with Crippen molar-refractivity contribution in [3.8, 4) is 0 Å². The van der Waals surface area contributed by atoms with Gasteiger partial charge in [0.05, 0.1) is 6.61 Å². The molecule has 1 N–H and O–H groups in total. The van der Waals surface area contributed by atoms with E-state index in [0.717, 1.165) is 11.1 Å². The van der Waals surface area contributed by atoms with Crippen LogP contribution in [-0.4, -0.2) is 19.6 Å². The summed E-state index contributed by atoms with van der Waals surface area (Å²) in [5.74, 6) is -0.268. The van der Waals surface area contributed by atoms with E-state index in [0.29, 0.717) is 11.6 Å². The second-order valence-electron chi connectivity index (χ2n) is 3.47. The molecule has 0 radical (unpaired) electrons. The van der Waals surface area contributed by atoms with Crippen LogP contribution in [0.25, 0.3) is 0 Å². The Hall–Kier alpha value is -1.06. The van der Waals surface area contributed by atoms with E-state index < -0.39 is 6.04 Å². The number of hydrogen-bond acceptors (Lipinski definition) is 3. The first-order chi connectivity index (χ1) is 7.60. The number of carbonyl (C=O) groups is 1. The SMILES string of the molecule is CCOC(=O)C(NC)c1ccc(Cl)cc1C. The quantitative estimate of drug-likeness (QED) is 0.823. The van der Waals surface area contributed by atoms with Gasteiger partial charge in [-0.3, -0.25) is 0 Å². The molecule has 4 heteroatoms. The zero-order valence-electron chi connectivity index (χ0n) is 9.71. The van der Waals surface area contributed by atoms with Crippen molar-refractivity contribution in [2.24, 2.45) is 0 Å². The van der Waals surface area contributed by atoms with Gasteiger partial charge in [0.25, 0.3) is 0 Å². The smallest absolute Gasteiger partial charge is 0.327 e. The zero-order valence-corrected chi connectivity index (χ0v) is 10.5. The van der Waals surface area contributed by atoms with Gasteiger partial charge in [-0.15, -0.1) is 0 Å². The average Bonchev–Trinajstić information content (AvgIpc) is 2.22. The molecule has 16 heavy (non-hydrogen) atoms. The van der Waals surface area contributed by atoms with E-state index in [1.54, 1.807) is 20.0 Å². The second kappa shape index (κ2) is 5.87. The largest absolute Gasteiger partial charge is 0.465 e. The molecule has 0 saturated heterocycles. The van der Waals surface area contributed by atoms with Crippen molar-refractivity contribution in [3.63, 3.8) is 0 Å². The molecule has 1 aromatic rings. The highest BCUT2D eigenvalue weighted by Gasteiger charge is 2.21. The van der Waals surface area contributed by atoms with Crippen LogP contribution in [0.15, 0.2) is 18.2 Å². The van der Waals surface area contributed by atoms with Crippen LogP contribution < -0.4 is 5.32 Å². The van der Waals surface area contributed by atoms with Gasteiger partial charge in [-0.1, -0.05) is 17.7 Å². The second-order valence-corrected chi connectivity index (χ2v) is 3.91. The number of nitrogens with one attached hydrogen (secondary N) is 1. The summed E-state index contributed by atoms with van der Waals surface area (Å²) in [6.45, 7) is 4.09. The number of likely N-dealkylation sites (N-methyl/N-ethyl adjacent to an activating group) is 1. The highest BCUT2D eigenvalue weighted by Crippen LogP contribution is 2.22. The third-order valence-electron chi connectivity index (χ3n) is 2.35. The number of ether oxygens (including phenoxy) is 1. The number of aryl methyl sites for hydroxylation is 1. The summed E-state index contributed by atoms with van der Waals surface area (Å²) < 4.78 is 5.00. The van der Waals surface area contributed by atoms with Crippen molar-refractivity contribution in [1.82, 2.24) is 5.32 Å². The van der Waals surface area contributed by atoms with Crippen molar-refractivity contribution >= 4 is 17.6 Å². The Morgan fingerprint density at radius 2 is 2.25 bits per heavy atom. The minimum Gasteiger partial charge on any atom is -0.465 e. The summed E-state index contributed by atoms with van der Waals surface area (Å²) >= 11 is 5.87. The van der Waals surface area contributed by atoms with E-state index in [2.05, 4.69) is 5.32 Å². The van der Waals surface area contributed by atoms with Crippen LogP contribution in [0.4, 0.5) is 0 Å². The van der Waals surface area contributed by atoms with E-state index >= 15 is 0 Å². The molecule has 0 aliphatic rings. The number of esters is 1. The van der Waals surface area contributed by atoms with Crippen LogP contribution in [-0.2, 0) is 9.53 Å². The van der Waals surface area contributed by atoms with E-state index in [-0.39, 0.29) is 5.97 Å². The molecule has 1 aromatic carbocycles. The number of carbonyl (C=O) groups excluding carboxylic acids is 1. The molecule has 0 bridgehead atoms. The van der Waals surface area contributed by atoms with Gasteiger partial charge < -0.3 is 10.1 Å². The standard InChI is InChI=1S/C12H16ClNO2/c1-4-16-12(15)11(14-3)10-6-5-9(13)7-8(10)2/h5-7,11,14H,4H2,1-3H3. The van der Waals surface area contributed by atoms with E-state index in [1.165, 1.54) is 0 Å². The van der Waals surface area contributed by atoms with E-state index in [4.69, 9.17) is 16.3 Å². The van der Waals surface area contributed by atoms with Gasteiger partial charge in [0, 0.05) is 5.02 Å². The summed E-state index contributed by atoms with van der Waals surface area (Å²) in [5.41, 5.74) is 1.87. The molecule has 1 rings (SSSR count). The lowest BCUT2D eigenvalue weighted by Crippen LogP contribution is -2.27. The number of hydrogen-bond donors (Lipinski definition) is 1. The molecule has 0 aromatic heterocycles. The van der Waals surface area contributed by atoms with Gasteiger partial charge in [-0.2, -0.15) is 0 Å². The molecule has 0 amide bonds. The molecule has 1 unspecified atom stereocenters. The van der Waals surface area contributed by atoms with Crippen LogP contribution in [0, 0.1) is 6.92 Å². The van der Waals surface area contributed by atoms with Crippen LogP contribution in [0.5, 0.6) is 0 Å². The summed E-state index contributed by atoms with van der Waals surface area (Å²) in [6.07, 6.45) is 0. The Labute approximate surface area is 101 Å². The van der Waals surface area contributed by atoms with Gasteiger partial charge in [0.1, 0.15) is 6.04 Å². The van der Waals surface area contributed by atoms with Gasteiger partial charge in [-0.05, 0) is 44.2 Å². The average molecular weight is 242 g/mol. The van der Waals surface area contributed by atoms with Gasteiger partial charge >= 0.3 is 5.97 Å². The molecule has 0 fully saturated rings. The predicted molar refractivity (Wildman–Crippen MR) is 64.6 cm³/mol. The minimum atomic E-state index is -0.433. The van der Waals surface area contributed by atoms with Crippen molar-refractivity contribution < 1.29 is 9.53 Å². The van der Waals surface area contributed by atoms with Crippen molar-refractivity contribution in [2.75, 3.05) is 13.7 Å². The summed E-state index contributed by atoms with van der Waals surface area (Å²) in [7, 11) is 1.73. The van der Waals surface area contributed by atoms with Gasteiger partial charge in [-0.25, -0.2) is 4.79 Å². The minimum absolute atomic E-state index is 0.268. The number of rotatable bonds is 4. The van der Waals surface area contributed by atoms with Crippen LogP contribution >= 0.6 is 11.6 Å². The van der Waals surface area contributed by atoms with Crippen molar-refractivity contribution in [2.45, 2.75) is 19.9 Å². The van der Waals surface area contributed by atoms with Crippen LogP contribution in [0.3, 0.4) is 0 Å². The van der Waals surface area contributed by atoms with Crippen molar-refractivity contribution in [3.05, 3.63) is 34.3 Å². The fourth-order valence-corrected chi connectivity index (χ4v) is 1.82.